The van der Waals surface area contributed by atoms with Crippen molar-refractivity contribution < 1.29 is 20.1 Å². The molecular weight excluding hydrogens is 282 g/mol. The molecule has 5 heteroatoms. The van der Waals surface area contributed by atoms with E-state index in [0.29, 0.717) is 19.6 Å². The first-order valence-corrected chi connectivity index (χ1v) is 8.08. The Kier molecular flexibility index (Phi) is 6.64. The number of aliphatic hydroxyl groups excluding tert-OH is 3. The summed E-state index contributed by atoms with van der Waals surface area (Å²) < 4.78 is 5.74. The van der Waals surface area contributed by atoms with Crippen molar-refractivity contribution in [3.63, 3.8) is 0 Å². The van der Waals surface area contributed by atoms with Crippen LogP contribution in [0.4, 0.5) is 0 Å². The minimum absolute atomic E-state index is 0.128. The molecule has 2 rings (SSSR count). The molecule has 0 aromatic heterocycles. The lowest BCUT2D eigenvalue weighted by Gasteiger charge is -2.53. The molecular formula is C17H27NO4. The van der Waals surface area contributed by atoms with Crippen LogP contribution in [0, 0.1) is 0 Å². The molecule has 0 radical (unpaired) electrons. The molecule has 22 heavy (non-hydrogen) atoms. The van der Waals surface area contributed by atoms with Gasteiger partial charge < -0.3 is 20.1 Å². The number of hydrogen-bond donors (Lipinski definition) is 3. The molecule has 0 aliphatic carbocycles. The van der Waals surface area contributed by atoms with E-state index in [4.69, 9.17) is 9.84 Å². The largest absolute Gasteiger partial charge is 0.494 e. The van der Waals surface area contributed by atoms with Gasteiger partial charge in [0.2, 0.25) is 0 Å². The maximum atomic E-state index is 9.44. The molecule has 1 aromatic carbocycles. The average Bonchev–Trinajstić information content (AvgIpc) is 2.53. The van der Waals surface area contributed by atoms with Crippen LogP contribution in [0.3, 0.4) is 0 Å². The zero-order valence-electron chi connectivity index (χ0n) is 13.1. The van der Waals surface area contributed by atoms with Crippen LogP contribution >= 0.6 is 0 Å². The van der Waals surface area contributed by atoms with Gasteiger partial charge in [0.1, 0.15) is 5.75 Å². The molecule has 1 fully saturated rings. The summed E-state index contributed by atoms with van der Waals surface area (Å²) in [6.45, 7) is 2.62. The molecule has 0 bridgehead atoms. The Labute approximate surface area is 132 Å². The van der Waals surface area contributed by atoms with Crippen LogP contribution in [0.15, 0.2) is 24.3 Å². The van der Waals surface area contributed by atoms with E-state index in [-0.39, 0.29) is 25.4 Å². The Hall–Kier alpha value is -1.14. The third-order valence-corrected chi connectivity index (χ3v) is 4.49. The summed E-state index contributed by atoms with van der Waals surface area (Å²) in [6.07, 6.45) is 3.24. The fraction of sp³-hybridized carbons (Fsp3) is 0.647. The first kappa shape index (κ1) is 17.2. The summed E-state index contributed by atoms with van der Waals surface area (Å²) in [4.78, 5) is 2.23. The number of β-amino-alcohol motifs (C(OH)–C–C–N with tert-alkyl or cyclic N) is 1. The third-order valence-electron chi connectivity index (χ3n) is 4.49. The molecule has 0 amide bonds. The number of likely N-dealkylation sites (tertiary alicyclic amines) is 1. The first-order valence-electron chi connectivity index (χ1n) is 8.08. The smallest absolute Gasteiger partial charge is 0.119 e. The minimum atomic E-state index is -0.179. The SMILES string of the molecule is OCCCCOc1cccc(C2(CCO)CCN2CCO)c1. The summed E-state index contributed by atoms with van der Waals surface area (Å²) >= 11 is 0. The van der Waals surface area contributed by atoms with Crippen molar-refractivity contribution in [1.82, 2.24) is 4.90 Å². The van der Waals surface area contributed by atoms with Crippen molar-refractivity contribution in [2.24, 2.45) is 0 Å². The monoisotopic (exact) mass is 309 g/mol. The van der Waals surface area contributed by atoms with Gasteiger partial charge in [-0.1, -0.05) is 12.1 Å². The van der Waals surface area contributed by atoms with Crippen molar-refractivity contribution in [2.45, 2.75) is 31.2 Å². The zero-order valence-corrected chi connectivity index (χ0v) is 13.1. The molecule has 5 nitrogen and oxygen atoms in total. The van der Waals surface area contributed by atoms with Gasteiger partial charge in [0.05, 0.1) is 13.2 Å². The zero-order chi connectivity index (χ0) is 15.8. The minimum Gasteiger partial charge on any atom is -0.494 e. The molecule has 1 aliphatic heterocycles. The summed E-state index contributed by atoms with van der Waals surface area (Å²) in [5.74, 6) is 0.823. The van der Waals surface area contributed by atoms with Gasteiger partial charge in [-0.3, -0.25) is 4.90 Å². The Morgan fingerprint density at radius 2 is 1.95 bits per heavy atom. The second kappa shape index (κ2) is 8.48. The van der Waals surface area contributed by atoms with Crippen LogP contribution in [0.1, 0.15) is 31.2 Å². The third kappa shape index (κ3) is 3.79. The van der Waals surface area contributed by atoms with Crippen molar-refractivity contribution in [3.05, 3.63) is 29.8 Å². The number of hydrogen-bond acceptors (Lipinski definition) is 5. The Morgan fingerprint density at radius 3 is 2.59 bits per heavy atom. The summed E-state index contributed by atoms with van der Waals surface area (Å²) in [5.41, 5.74) is 0.961. The highest BCUT2D eigenvalue weighted by atomic mass is 16.5. The highest BCUT2D eigenvalue weighted by molar-refractivity contribution is 5.35. The van der Waals surface area contributed by atoms with Crippen molar-refractivity contribution in [2.75, 3.05) is 39.5 Å². The van der Waals surface area contributed by atoms with Gasteiger partial charge in [0, 0.05) is 31.8 Å². The van der Waals surface area contributed by atoms with Gasteiger partial charge in [-0.25, -0.2) is 0 Å². The van der Waals surface area contributed by atoms with Crippen LogP contribution in [-0.2, 0) is 5.54 Å². The van der Waals surface area contributed by atoms with Crippen LogP contribution < -0.4 is 4.74 Å². The Bertz CT molecular complexity index is 454. The maximum Gasteiger partial charge on any atom is 0.119 e. The predicted molar refractivity (Wildman–Crippen MR) is 84.9 cm³/mol. The van der Waals surface area contributed by atoms with Gasteiger partial charge in [-0.2, -0.15) is 0 Å². The summed E-state index contributed by atoms with van der Waals surface area (Å²) in [7, 11) is 0. The maximum absolute atomic E-state index is 9.44. The Balaban J connectivity index is 2.08. The van der Waals surface area contributed by atoms with E-state index >= 15 is 0 Å². The molecule has 1 aliphatic rings. The fourth-order valence-corrected chi connectivity index (χ4v) is 3.20. The van der Waals surface area contributed by atoms with E-state index in [2.05, 4.69) is 11.0 Å². The Morgan fingerprint density at radius 1 is 1.09 bits per heavy atom. The molecule has 1 saturated heterocycles. The highest BCUT2D eigenvalue weighted by Crippen LogP contribution is 2.43. The van der Waals surface area contributed by atoms with Crippen LogP contribution in [0.2, 0.25) is 0 Å². The van der Waals surface area contributed by atoms with E-state index in [1.54, 1.807) is 0 Å². The van der Waals surface area contributed by atoms with Crippen molar-refractivity contribution in [3.8, 4) is 5.75 Å². The number of rotatable bonds is 10. The van der Waals surface area contributed by atoms with Gasteiger partial charge in [0.25, 0.3) is 0 Å². The molecule has 0 spiro atoms. The first-order chi connectivity index (χ1) is 10.8. The molecule has 124 valence electrons. The lowest BCUT2D eigenvalue weighted by atomic mass is 9.75. The van der Waals surface area contributed by atoms with Gasteiger partial charge in [0.15, 0.2) is 0 Å². The second-order valence-electron chi connectivity index (χ2n) is 5.77. The highest BCUT2D eigenvalue weighted by Gasteiger charge is 2.45. The predicted octanol–water partition coefficient (Wildman–Crippen LogP) is 1.11. The number of aliphatic hydroxyl groups is 3. The molecule has 0 saturated carbocycles. The van der Waals surface area contributed by atoms with E-state index in [1.165, 1.54) is 0 Å². The average molecular weight is 309 g/mol. The molecule has 1 unspecified atom stereocenters. The lowest BCUT2D eigenvalue weighted by molar-refractivity contribution is -0.0454. The van der Waals surface area contributed by atoms with Crippen LogP contribution in [0.5, 0.6) is 5.75 Å². The second-order valence-corrected chi connectivity index (χ2v) is 5.77. The molecule has 3 N–H and O–H groups in total. The topological polar surface area (TPSA) is 73.2 Å². The normalized spacial score (nSPS) is 21.6. The molecule has 1 aromatic rings. The molecule has 1 atom stereocenters. The number of unbranched alkanes of at least 4 members (excludes halogenated alkanes) is 1. The summed E-state index contributed by atoms with van der Waals surface area (Å²) in [5, 5.41) is 27.4. The number of nitrogens with zero attached hydrogens (tertiary/aromatic N) is 1. The van der Waals surface area contributed by atoms with E-state index in [9.17, 15) is 10.2 Å². The standard InChI is InChI=1S/C17H27NO4/c19-10-1-2-13-22-16-5-3-4-15(14-16)17(7-11-20)6-8-18(17)9-12-21/h3-5,14,19-21H,1-2,6-13H2. The number of benzene rings is 1. The van der Waals surface area contributed by atoms with E-state index in [0.717, 1.165) is 37.1 Å². The van der Waals surface area contributed by atoms with Gasteiger partial charge in [-0.05, 0) is 43.4 Å². The van der Waals surface area contributed by atoms with Crippen molar-refractivity contribution >= 4 is 0 Å². The fourth-order valence-electron chi connectivity index (χ4n) is 3.20. The van der Waals surface area contributed by atoms with Gasteiger partial charge >= 0.3 is 0 Å². The van der Waals surface area contributed by atoms with E-state index in [1.807, 2.05) is 18.2 Å². The van der Waals surface area contributed by atoms with Crippen LogP contribution in [0.25, 0.3) is 0 Å². The quantitative estimate of drug-likeness (QED) is 0.565. The lowest BCUT2D eigenvalue weighted by Crippen LogP contribution is -2.58. The number of ether oxygens (including phenoxy) is 1. The van der Waals surface area contributed by atoms with Crippen molar-refractivity contribution in [1.29, 1.82) is 0 Å². The van der Waals surface area contributed by atoms with E-state index < -0.39 is 0 Å². The molecule has 1 heterocycles. The summed E-state index contributed by atoms with van der Waals surface area (Å²) in [6, 6.07) is 8.02. The van der Waals surface area contributed by atoms with Gasteiger partial charge in [-0.15, -0.1) is 0 Å². The van der Waals surface area contributed by atoms with Crippen LogP contribution in [-0.4, -0.2) is 59.7 Å².